The number of hydrogen-bond acceptors (Lipinski definition) is 3. The molecule has 0 aliphatic heterocycles. The fraction of sp³-hybridized carbons (Fsp3) is 0.556. The molecule has 0 aromatic carbocycles. The van der Waals surface area contributed by atoms with Crippen LogP contribution in [0, 0.1) is 0 Å². The Hall–Kier alpha value is -1.36. The molecule has 80 valence electrons. The smallest absolute Gasteiger partial charge is 0.456 e. The van der Waals surface area contributed by atoms with Crippen LogP contribution in [0.1, 0.15) is 6.92 Å². The molecule has 0 saturated carbocycles. The van der Waals surface area contributed by atoms with Gasteiger partial charge in [-0.05, 0) is 6.92 Å². The van der Waals surface area contributed by atoms with E-state index in [1.807, 2.05) is 0 Å². The Balaban J connectivity index is 3.91. The van der Waals surface area contributed by atoms with Crippen LogP contribution in [0.25, 0.3) is 0 Å². The zero-order chi connectivity index (χ0) is 11.4. The molecule has 0 atom stereocenters. The van der Waals surface area contributed by atoms with Gasteiger partial charge in [0.05, 0.1) is 14.1 Å². The molecule has 0 unspecified atom stereocenters. The number of amides is 1. The summed E-state index contributed by atoms with van der Waals surface area (Å²) >= 11 is 0. The normalized spacial score (nSPS) is 10.8. The summed E-state index contributed by atoms with van der Waals surface area (Å²) in [5.41, 5.74) is 0.311. The van der Waals surface area contributed by atoms with Crippen LogP contribution in [0.4, 0.5) is 4.79 Å². The highest BCUT2D eigenvalue weighted by Gasteiger charge is 2.25. The van der Waals surface area contributed by atoms with Gasteiger partial charge in [-0.1, -0.05) is 6.58 Å². The average Bonchev–Trinajstić information content (AvgIpc) is 2.03. The van der Waals surface area contributed by atoms with Gasteiger partial charge in [0.2, 0.25) is 0 Å². The Kier molecular flexibility index (Phi) is 4.30. The van der Waals surface area contributed by atoms with Gasteiger partial charge < -0.3 is 9.84 Å². The lowest BCUT2D eigenvalue weighted by Gasteiger charge is -2.21. The van der Waals surface area contributed by atoms with Crippen LogP contribution in [-0.4, -0.2) is 48.9 Å². The fourth-order valence-electron chi connectivity index (χ4n) is 0.585. The molecule has 0 fully saturated rings. The quantitative estimate of drug-likeness (QED) is 0.417. The second-order valence-corrected chi connectivity index (χ2v) is 3.61. The monoisotopic (exact) mass is 202 g/mol. The second kappa shape index (κ2) is 4.76. The summed E-state index contributed by atoms with van der Waals surface area (Å²) in [5, 5.41) is 8.73. The lowest BCUT2D eigenvalue weighted by atomic mass is 10.4. The van der Waals surface area contributed by atoms with Crippen LogP contribution >= 0.6 is 0 Å². The molecular weight excluding hydrogens is 186 g/mol. The van der Waals surface area contributed by atoms with Crippen molar-refractivity contribution in [2.75, 3.05) is 27.2 Å². The highest BCUT2D eigenvalue weighted by atomic mass is 16.5. The van der Waals surface area contributed by atoms with Crippen molar-refractivity contribution in [3.63, 3.8) is 0 Å². The molecule has 0 bridgehead atoms. The van der Waals surface area contributed by atoms with Crippen molar-refractivity contribution >= 4 is 12.1 Å². The van der Waals surface area contributed by atoms with Crippen LogP contribution in [0.15, 0.2) is 12.2 Å². The summed E-state index contributed by atoms with van der Waals surface area (Å²) < 4.78 is 4.54. The van der Waals surface area contributed by atoms with E-state index in [9.17, 15) is 9.59 Å². The van der Waals surface area contributed by atoms with Crippen molar-refractivity contribution in [2.45, 2.75) is 6.92 Å². The van der Waals surface area contributed by atoms with E-state index in [0.717, 1.165) is 0 Å². The molecule has 5 nitrogen and oxygen atoms in total. The Morgan fingerprint density at radius 3 is 2.29 bits per heavy atom. The molecule has 1 N–H and O–H groups in total. The van der Waals surface area contributed by atoms with Gasteiger partial charge in [0.25, 0.3) is 0 Å². The van der Waals surface area contributed by atoms with Gasteiger partial charge in [0.15, 0.2) is 0 Å². The maximum Gasteiger partial charge on any atom is 0.513 e. The summed E-state index contributed by atoms with van der Waals surface area (Å²) in [6, 6.07) is 0. The van der Waals surface area contributed by atoms with Crippen LogP contribution in [0.5, 0.6) is 0 Å². The van der Waals surface area contributed by atoms with Gasteiger partial charge in [0, 0.05) is 5.57 Å². The zero-order valence-corrected chi connectivity index (χ0v) is 8.74. The van der Waals surface area contributed by atoms with Gasteiger partial charge in [-0.15, -0.1) is 0 Å². The standard InChI is InChI=1S/C9H15NO4/c1-7(2)8(11)14-6-5-10(3,4)9(12)13/h1,5-6H2,2-4H3/p+1. The Morgan fingerprint density at radius 2 is 1.93 bits per heavy atom. The van der Waals surface area contributed by atoms with Crippen molar-refractivity contribution in [1.82, 2.24) is 0 Å². The average molecular weight is 202 g/mol. The molecule has 0 aromatic heterocycles. The van der Waals surface area contributed by atoms with E-state index in [4.69, 9.17) is 9.84 Å². The Bertz CT molecular complexity index is 258. The van der Waals surface area contributed by atoms with E-state index in [1.165, 1.54) is 14.1 Å². The first kappa shape index (κ1) is 12.6. The number of rotatable bonds is 4. The van der Waals surface area contributed by atoms with E-state index in [0.29, 0.717) is 5.57 Å². The Morgan fingerprint density at radius 1 is 1.43 bits per heavy atom. The SMILES string of the molecule is C=C(C)C(=O)OCC[N+](C)(C)C(=O)O. The first-order valence-electron chi connectivity index (χ1n) is 4.16. The van der Waals surface area contributed by atoms with E-state index in [1.54, 1.807) is 6.92 Å². The number of ether oxygens (including phenoxy) is 1. The second-order valence-electron chi connectivity index (χ2n) is 3.61. The van der Waals surface area contributed by atoms with Gasteiger partial charge in [-0.2, -0.15) is 4.79 Å². The third-order valence-electron chi connectivity index (χ3n) is 1.75. The number of carbonyl (C=O) groups excluding carboxylic acids is 1. The molecular formula is C9H16NO4+. The number of esters is 1. The van der Waals surface area contributed by atoms with Gasteiger partial charge in [0.1, 0.15) is 13.2 Å². The molecule has 0 heterocycles. The minimum absolute atomic E-state index is 0.0744. The molecule has 0 aliphatic carbocycles. The number of nitrogens with zero attached hydrogens (tertiary/aromatic N) is 1. The molecule has 0 rings (SSSR count). The van der Waals surface area contributed by atoms with Crippen molar-refractivity contribution in [1.29, 1.82) is 0 Å². The minimum Gasteiger partial charge on any atom is -0.456 e. The van der Waals surface area contributed by atoms with Crippen molar-refractivity contribution in [2.24, 2.45) is 0 Å². The van der Waals surface area contributed by atoms with E-state index >= 15 is 0 Å². The number of likely N-dealkylation sites (N-methyl/N-ethyl adjacent to an activating group) is 1. The maximum atomic E-state index is 10.9. The first-order chi connectivity index (χ1) is 6.27. The lowest BCUT2D eigenvalue weighted by molar-refractivity contribution is -0.816. The predicted molar refractivity (Wildman–Crippen MR) is 50.8 cm³/mol. The van der Waals surface area contributed by atoms with Crippen LogP contribution in [-0.2, 0) is 9.53 Å². The molecule has 0 radical (unpaired) electrons. The summed E-state index contributed by atoms with van der Waals surface area (Å²) in [5.74, 6) is -0.490. The van der Waals surface area contributed by atoms with Crippen molar-refractivity contribution < 1.29 is 23.9 Å². The largest absolute Gasteiger partial charge is 0.513 e. The molecule has 0 aliphatic rings. The molecule has 0 saturated heterocycles. The molecule has 1 amide bonds. The van der Waals surface area contributed by atoms with Gasteiger partial charge in [-0.25, -0.2) is 9.28 Å². The number of quaternary nitrogens is 1. The molecule has 5 heteroatoms. The molecule has 14 heavy (non-hydrogen) atoms. The van der Waals surface area contributed by atoms with Gasteiger partial charge in [-0.3, -0.25) is 0 Å². The topological polar surface area (TPSA) is 63.6 Å². The highest BCUT2D eigenvalue weighted by Crippen LogP contribution is 1.99. The number of carbonyl (C=O) groups is 2. The van der Waals surface area contributed by atoms with E-state index in [2.05, 4.69) is 6.58 Å². The van der Waals surface area contributed by atoms with Crippen molar-refractivity contribution in [3.8, 4) is 0 Å². The number of carboxylic acid groups (broad SMARTS) is 1. The number of hydrogen-bond donors (Lipinski definition) is 1. The van der Waals surface area contributed by atoms with Crippen LogP contribution in [0.2, 0.25) is 0 Å². The Labute approximate surface area is 83.2 Å². The first-order valence-corrected chi connectivity index (χ1v) is 4.16. The zero-order valence-electron chi connectivity index (χ0n) is 8.74. The molecule has 0 aromatic rings. The van der Waals surface area contributed by atoms with E-state index < -0.39 is 12.1 Å². The predicted octanol–water partition coefficient (Wildman–Crippen LogP) is 0.860. The molecule has 0 spiro atoms. The summed E-state index contributed by atoms with van der Waals surface area (Å²) in [6.07, 6.45) is -0.962. The maximum absolute atomic E-state index is 10.9. The highest BCUT2D eigenvalue weighted by molar-refractivity contribution is 5.86. The van der Waals surface area contributed by atoms with Crippen LogP contribution < -0.4 is 0 Å². The van der Waals surface area contributed by atoms with Gasteiger partial charge >= 0.3 is 12.1 Å². The summed E-state index contributed by atoms with van der Waals surface area (Å²) in [7, 11) is 3.05. The summed E-state index contributed by atoms with van der Waals surface area (Å²) in [4.78, 5) is 21.6. The summed E-state index contributed by atoms with van der Waals surface area (Å²) in [6.45, 7) is 5.26. The van der Waals surface area contributed by atoms with Crippen molar-refractivity contribution in [3.05, 3.63) is 12.2 Å². The minimum atomic E-state index is -0.962. The fourth-order valence-corrected chi connectivity index (χ4v) is 0.585. The third-order valence-corrected chi connectivity index (χ3v) is 1.75. The lowest BCUT2D eigenvalue weighted by Crippen LogP contribution is -2.46. The van der Waals surface area contributed by atoms with Crippen LogP contribution in [0.3, 0.4) is 0 Å². The third kappa shape index (κ3) is 4.04. The van der Waals surface area contributed by atoms with E-state index in [-0.39, 0.29) is 17.6 Å².